The molecule has 6 nitrogen and oxygen atoms in total. The molecule has 0 heterocycles. The van der Waals surface area contributed by atoms with Gasteiger partial charge in [0.15, 0.2) is 0 Å². The summed E-state index contributed by atoms with van der Waals surface area (Å²) in [5.41, 5.74) is 0. The average Bonchev–Trinajstić information content (AvgIpc) is 2.31. The van der Waals surface area contributed by atoms with Gasteiger partial charge in [-0.15, -0.1) is 0 Å². The first-order valence-electron chi connectivity index (χ1n) is 6.12. The number of esters is 1. The third-order valence-corrected chi connectivity index (χ3v) is 2.61. The third-order valence-electron chi connectivity index (χ3n) is 2.61. The molecule has 0 aromatic heterocycles. The molecule has 1 atom stereocenters. The zero-order valence-electron chi connectivity index (χ0n) is 11.6. The van der Waals surface area contributed by atoms with Gasteiger partial charge in [-0.25, -0.2) is 4.79 Å². The Morgan fingerprint density at radius 1 is 1.39 bits per heavy atom. The molecule has 1 amide bonds. The predicted molar refractivity (Wildman–Crippen MR) is 68.0 cm³/mol. The summed E-state index contributed by atoms with van der Waals surface area (Å²) in [5, 5.41) is 11.4. The van der Waals surface area contributed by atoms with Crippen LogP contribution >= 0.6 is 0 Å². The summed E-state index contributed by atoms with van der Waals surface area (Å²) in [5.74, 6) is -0.726. The molecule has 0 fully saturated rings. The van der Waals surface area contributed by atoms with E-state index in [0.717, 1.165) is 0 Å². The van der Waals surface area contributed by atoms with Crippen molar-refractivity contribution in [1.82, 2.24) is 10.2 Å². The lowest BCUT2D eigenvalue weighted by molar-refractivity contribution is -0.145. The van der Waals surface area contributed by atoms with Crippen LogP contribution in [0.2, 0.25) is 0 Å². The second kappa shape index (κ2) is 8.88. The van der Waals surface area contributed by atoms with Gasteiger partial charge < -0.3 is 15.2 Å². The van der Waals surface area contributed by atoms with E-state index < -0.39 is 12.0 Å². The van der Waals surface area contributed by atoms with Crippen molar-refractivity contribution in [2.75, 3.05) is 26.8 Å². The quantitative estimate of drug-likeness (QED) is 0.589. The predicted octanol–water partition coefficient (Wildman–Crippen LogP) is -0.243. The Hall–Kier alpha value is -1.14. The summed E-state index contributed by atoms with van der Waals surface area (Å²) in [6.07, 6.45) is 0.631. The fourth-order valence-electron chi connectivity index (χ4n) is 1.64. The van der Waals surface area contributed by atoms with Crippen LogP contribution in [0.5, 0.6) is 0 Å². The van der Waals surface area contributed by atoms with Crippen molar-refractivity contribution in [1.29, 1.82) is 0 Å². The second-order valence-corrected chi connectivity index (χ2v) is 4.44. The largest absolute Gasteiger partial charge is 0.467 e. The Morgan fingerprint density at radius 3 is 2.39 bits per heavy atom. The van der Waals surface area contributed by atoms with E-state index in [4.69, 9.17) is 5.11 Å². The Labute approximate surface area is 108 Å². The smallest absolute Gasteiger partial charge is 0.329 e. The van der Waals surface area contributed by atoms with Crippen molar-refractivity contribution in [3.8, 4) is 0 Å². The summed E-state index contributed by atoms with van der Waals surface area (Å²) in [6.45, 7) is 6.51. The number of amides is 1. The molecule has 18 heavy (non-hydrogen) atoms. The molecular formula is C12H24N2O4. The van der Waals surface area contributed by atoms with Gasteiger partial charge in [-0.1, -0.05) is 0 Å². The molecule has 1 unspecified atom stereocenters. The fraction of sp³-hybridized carbons (Fsp3) is 0.833. The van der Waals surface area contributed by atoms with Crippen molar-refractivity contribution in [2.45, 2.75) is 39.3 Å². The first-order valence-corrected chi connectivity index (χ1v) is 6.12. The standard InChI is InChI=1S/C12H24N2O4/c1-9(2)14(6-5-7-15)8-11(12(17)18-4)13-10(3)16/h9,11,15H,5-8H2,1-4H3,(H,13,16). The van der Waals surface area contributed by atoms with Crippen LogP contribution in [0.25, 0.3) is 0 Å². The molecular weight excluding hydrogens is 236 g/mol. The Kier molecular flexibility index (Phi) is 8.32. The van der Waals surface area contributed by atoms with Crippen molar-refractivity contribution < 1.29 is 19.4 Å². The average molecular weight is 260 g/mol. The minimum absolute atomic E-state index is 0.103. The number of aliphatic hydroxyl groups excluding tert-OH is 1. The second-order valence-electron chi connectivity index (χ2n) is 4.44. The van der Waals surface area contributed by atoms with Crippen molar-refractivity contribution in [3.05, 3.63) is 0 Å². The Bertz CT molecular complexity index is 269. The number of rotatable bonds is 8. The zero-order valence-corrected chi connectivity index (χ0v) is 11.6. The van der Waals surface area contributed by atoms with Gasteiger partial charge in [-0.05, 0) is 20.3 Å². The lowest BCUT2D eigenvalue weighted by Gasteiger charge is -2.29. The van der Waals surface area contributed by atoms with E-state index in [1.54, 1.807) is 0 Å². The van der Waals surface area contributed by atoms with Gasteiger partial charge in [0.25, 0.3) is 0 Å². The van der Waals surface area contributed by atoms with Crippen LogP contribution in [0.3, 0.4) is 0 Å². The highest BCUT2D eigenvalue weighted by Gasteiger charge is 2.24. The van der Waals surface area contributed by atoms with Crippen molar-refractivity contribution in [3.63, 3.8) is 0 Å². The molecule has 0 aromatic rings. The first-order chi connectivity index (χ1) is 8.42. The summed E-state index contributed by atoms with van der Waals surface area (Å²) in [6, 6.07) is -0.453. The van der Waals surface area contributed by atoms with Gasteiger partial charge in [-0.3, -0.25) is 9.69 Å². The Balaban J connectivity index is 4.57. The number of nitrogens with zero attached hydrogens (tertiary/aromatic N) is 1. The summed E-state index contributed by atoms with van der Waals surface area (Å²) >= 11 is 0. The van der Waals surface area contributed by atoms with E-state index in [0.29, 0.717) is 19.5 Å². The van der Waals surface area contributed by atoms with Gasteiger partial charge in [0.1, 0.15) is 6.04 Å². The van der Waals surface area contributed by atoms with Crippen LogP contribution in [0.4, 0.5) is 0 Å². The maximum absolute atomic E-state index is 11.6. The molecule has 0 radical (unpaired) electrons. The van der Waals surface area contributed by atoms with E-state index in [-0.39, 0.29) is 18.6 Å². The maximum Gasteiger partial charge on any atom is 0.329 e. The summed E-state index contributed by atoms with van der Waals surface area (Å²) in [7, 11) is 1.30. The number of carbonyl (C=O) groups excluding carboxylic acids is 2. The van der Waals surface area contributed by atoms with Crippen LogP contribution < -0.4 is 5.32 Å². The molecule has 0 aromatic carbocycles. The fourth-order valence-corrected chi connectivity index (χ4v) is 1.64. The third kappa shape index (κ3) is 6.56. The topological polar surface area (TPSA) is 78.9 Å². The van der Waals surface area contributed by atoms with Crippen LogP contribution in [0.15, 0.2) is 0 Å². The molecule has 0 saturated carbocycles. The van der Waals surface area contributed by atoms with Crippen LogP contribution in [-0.2, 0) is 14.3 Å². The molecule has 0 spiro atoms. The highest BCUT2D eigenvalue weighted by Crippen LogP contribution is 2.03. The number of hydrogen-bond donors (Lipinski definition) is 2. The number of aliphatic hydroxyl groups is 1. The molecule has 0 bridgehead atoms. The molecule has 2 N–H and O–H groups in total. The zero-order chi connectivity index (χ0) is 14.1. The van der Waals surface area contributed by atoms with Crippen LogP contribution in [0, 0.1) is 0 Å². The molecule has 106 valence electrons. The van der Waals surface area contributed by atoms with E-state index in [1.807, 2.05) is 18.7 Å². The SMILES string of the molecule is COC(=O)C(CN(CCCO)C(C)C)NC(C)=O. The highest BCUT2D eigenvalue weighted by molar-refractivity contribution is 5.83. The van der Waals surface area contributed by atoms with Gasteiger partial charge in [0, 0.05) is 32.7 Å². The van der Waals surface area contributed by atoms with E-state index >= 15 is 0 Å². The monoisotopic (exact) mass is 260 g/mol. The maximum atomic E-state index is 11.6. The van der Waals surface area contributed by atoms with Crippen molar-refractivity contribution in [2.24, 2.45) is 0 Å². The van der Waals surface area contributed by atoms with Crippen molar-refractivity contribution >= 4 is 11.9 Å². The van der Waals surface area contributed by atoms with Gasteiger partial charge >= 0.3 is 5.97 Å². The van der Waals surface area contributed by atoms with Crippen LogP contribution in [0.1, 0.15) is 27.2 Å². The number of carbonyl (C=O) groups is 2. The molecule has 0 aliphatic rings. The van der Waals surface area contributed by atoms with Gasteiger partial charge in [-0.2, -0.15) is 0 Å². The normalized spacial score (nSPS) is 12.6. The lowest BCUT2D eigenvalue weighted by Crippen LogP contribution is -2.50. The number of hydrogen-bond acceptors (Lipinski definition) is 5. The van der Waals surface area contributed by atoms with E-state index in [9.17, 15) is 9.59 Å². The number of ether oxygens (including phenoxy) is 1. The highest BCUT2D eigenvalue weighted by atomic mass is 16.5. The van der Waals surface area contributed by atoms with Gasteiger partial charge in [0.05, 0.1) is 7.11 Å². The van der Waals surface area contributed by atoms with E-state index in [1.165, 1.54) is 14.0 Å². The Morgan fingerprint density at radius 2 is 2.00 bits per heavy atom. The minimum Gasteiger partial charge on any atom is -0.467 e. The number of methoxy groups -OCH3 is 1. The molecule has 0 rings (SSSR count). The lowest BCUT2D eigenvalue weighted by atomic mass is 10.2. The number of nitrogens with one attached hydrogen (secondary N) is 1. The molecule has 0 aliphatic heterocycles. The van der Waals surface area contributed by atoms with E-state index in [2.05, 4.69) is 10.1 Å². The molecule has 0 saturated heterocycles. The minimum atomic E-state index is -0.673. The van der Waals surface area contributed by atoms with Gasteiger partial charge in [0.2, 0.25) is 5.91 Å². The molecule has 6 heteroatoms. The molecule has 0 aliphatic carbocycles. The summed E-state index contributed by atoms with van der Waals surface area (Å²) in [4.78, 5) is 24.7. The summed E-state index contributed by atoms with van der Waals surface area (Å²) < 4.78 is 4.67. The first kappa shape index (κ1) is 16.9. The van der Waals surface area contributed by atoms with Crippen LogP contribution in [-0.4, -0.2) is 60.8 Å².